The van der Waals surface area contributed by atoms with Crippen molar-refractivity contribution in [3.05, 3.63) is 58.9 Å². The van der Waals surface area contributed by atoms with Crippen LogP contribution >= 0.6 is 11.6 Å². The molecule has 0 aromatic heterocycles. The largest absolute Gasteiger partial charge is 0.324 e. The zero-order valence-corrected chi connectivity index (χ0v) is 14.7. The molecule has 24 heavy (non-hydrogen) atoms. The number of amides is 1. The topological polar surface area (TPSA) is 66.5 Å². The molecule has 128 valence electrons. The van der Waals surface area contributed by atoms with Crippen LogP contribution in [0.4, 0.5) is 15.8 Å². The molecule has 0 aliphatic heterocycles. The Balaban J connectivity index is 2.26. The van der Waals surface area contributed by atoms with Crippen molar-refractivity contribution in [1.29, 1.82) is 0 Å². The van der Waals surface area contributed by atoms with Crippen molar-refractivity contribution < 1.29 is 17.6 Å². The average Bonchev–Trinajstić information content (AvgIpc) is 2.49. The van der Waals surface area contributed by atoms with E-state index < -0.39 is 28.3 Å². The molecular weight excluding hydrogens is 355 g/mol. The molecule has 0 spiro atoms. The number of carbonyl (C=O) groups is 1. The summed E-state index contributed by atoms with van der Waals surface area (Å²) in [5, 5.41) is 3.06. The zero-order valence-electron chi connectivity index (χ0n) is 13.1. The lowest BCUT2D eigenvalue weighted by Crippen LogP contribution is -2.38. The third-order valence-corrected chi connectivity index (χ3v) is 4.89. The molecule has 5 nitrogen and oxygen atoms in total. The van der Waals surface area contributed by atoms with Crippen LogP contribution in [0, 0.1) is 12.7 Å². The van der Waals surface area contributed by atoms with Crippen LogP contribution in [0.1, 0.15) is 5.56 Å². The third kappa shape index (κ3) is 4.24. The highest BCUT2D eigenvalue weighted by molar-refractivity contribution is 7.92. The van der Waals surface area contributed by atoms with Gasteiger partial charge in [0.15, 0.2) is 0 Å². The fourth-order valence-corrected chi connectivity index (χ4v) is 3.13. The zero-order chi connectivity index (χ0) is 17.9. The molecule has 8 heteroatoms. The molecule has 2 aromatic rings. The maximum atomic E-state index is 13.9. The van der Waals surface area contributed by atoms with Crippen LogP contribution in [0.2, 0.25) is 5.02 Å². The van der Waals surface area contributed by atoms with Crippen molar-refractivity contribution in [2.75, 3.05) is 22.4 Å². The highest BCUT2D eigenvalue weighted by atomic mass is 35.5. The second-order valence-electron chi connectivity index (χ2n) is 5.18. The summed E-state index contributed by atoms with van der Waals surface area (Å²) < 4.78 is 38.5. The first-order chi connectivity index (χ1) is 11.2. The van der Waals surface area contributed by atoms with Gasteiger partial charge in [-0.3, -0.25) is 9.10 Å². The Bertz CT molecular complexity index is 871. The van der Waals surface area contributed by atoms with Crippen molar-refractivity contribution >= 4 is 38.9 Å². The summed E-state index contributed by atoms with van der Waals surface area (Å²) in [4.78, 5) is 12.2. The Morgan fingerprint density at radius 1 is 1.21 bits per heavy atom. The van der Waals surface area contributed by atoms with E-state index in [0.29, 0.717) is 16.3 Å². The lowest BCUT2D eigenvalue weighted by Gasteiger charge is -2.22. The Morgan fingerprint density at radius 3 is 2.50 bits per heavy atom. The van der Waals surface area contributed by atoms with Gasteiger partial charge < -0.3 is 5.32 Å². The summed E-state index contributed by atoms with van der Waals surface area (Å²) in [6.45, 7) is 1.18. The minimum Gasteiger partial charge on any atom is -0.324 e. The monoisotopic (exact) mass is 370 g/mol. The summed E-state index contributed by atoms with van der Waals surface area (Å²) in [6, 6.07) is 10.4. The van der Waals surface area contributed by atoms with E-state index in [0.717, 1.165) is 16.6 Å². The molecule has 0 radical (unpaired) electrons. The van der Waals surface area contributed by atoms with E-state index in [1.807, 2.05) is 0 Å². The molecule has 0 unspecified atom stereocenters. The predicted molar refractivity (Wildman–Crippen MR) is 93.4 cm³/mol. The normalized spacial score (nSPS) is 11.2. The molecule has 2 rings (SSSR count). The van der Waals surface area contributed by atoms with Crippen LogP contribution in [0.3, 0.4) is 0 Å². The number of hydrogen-bond acceptors (Lipinski definition) is 3. The van der Waals surface area contributed by atoms with Gasteiger partial charge in [0, 0.05) is 10.7 Å². The van der Waals surface area contributed by atoms with E-state index in [1.165, 1.54) is 18.2 Å². The first-order valence-corrected chi connectivity index (χ1v) is 9.20. The van der Waals surface area contributed by atoms with Gasteiger partial charge >= 0.3 is 0 Å². The van der Waals surface area contributed by atoms with Crippen LogP contribution in [-0.4, -0.2) is 27.1 Å². The summed E-state index contributed by atoms with van der Waals surface area (Å²) >= 11 is 5.99. The Morgan fingerprint density at radius 2 is 1.88 bits per heavy atom. The standard InChI is InChI=1S/C16H16ClFN2O3S/c1-11-12(17)6-5-8-14(11)19-16(21)10-20(24(2,22)23)15-9-4-3-7-13(15)18/h3-9H,10H2,1-2H3,(H,19,21). The predicted octanol–water partition coefficient (Wildman–Crippen LogP) is 3.19. The molecule has 0 heterocycles. The van der Waals surface area contributed by atoms with Gasteiger partial charge in [-0.05, 0) is 36.8 Å². The first-order valence-electron chi connectivity index (χ1n) is 6.97. The Labute approximate surface area is 145 Å². The number of nitrogens with one attached hydrogen (secondary N) is 1. The van der Waals surface area contributed by atoms with E-state index in [2.05, 4.69) is 5.32 Å². The Kier molecular flexibility index (Phi) is 5.46. The molecule has 0 saturated heterocycles. The van der Waals surface area contributed by atoms with E-state index in [9.17, 15) is 17.6 Å². The van der Waals surface area contributed by atoms with Crippen LogP contribution in [-0.2, 0) is 14.8 Å². The number of nitrogens with zero attached hydrogens (tertiary/aromatic N) is 1. The summed E-state index contributed by atoms with van der Waals surface area (Å²) in [6.07, 6.45) is 0.914. The van der Waals surface area contributed by atoms with Gasteiger partial charge in [-0.2, -0.15) is 0 Å². The maximum absolute atomic E-state index is 13.9. The molecule has 1 amide bonds. The van der Waals surface area contributed by atoms with Gasteiger partial charge in [0.25, 0.3) is 0 Å². The molecule has 0 aliphatic carbocycles. The van der Waals surface area contributed by atoms with Crippen molar-refractivity contribution in [2.24, 2.45) is 0 Å². The number of anilines is 2. The third-order valence-electron chi connectivity index (χ3n) is 3.35. The van der Waals surface area contributed by atoms with Crippen molar-refractivity contribution in [3.8, 4) is 0 Å². The number of carbonyl (C=O) groups excluding carboxylic acids is 1. The second-order valence-corrected chi connectivity index (χ2v) is 7.50. The van der Waals surface area contributed by atoms with Crippen LogP contribution in [0.15, 0.2) is 42.5 Å². The number of benzene rings is 2. The number of para-hydroxylation sites is 1. The number of hydrogen-bond donors (Lipinski definition) is 1. The Hall–Kier alpha value is -2.12. The van der Waals surface area contributed by atoms with Crippen LogP contribution in [0.25, 0.3) is 0 Å². The quantitative estimate of drug-likeness (QED) is 0.878. The van der Waals surface area contributed by atoms with E-state index in [1.54, 1.807) is 25.1 Å². The number of rotatable bonds is 5. The fourth-order valence-electron chi connectivity index (χ4n) is 2.10. The highest BCUT2D eigenvalue weighted by Gasteiger charge is 2.23. The number of sulfonamides is 1. The molecule has 0 fully saturated rings. The average molecular weight is 371 g/mol. The van der Waals surface area contributed by atoms with Gasteiger partial charge in [0.2, 0.25) is 15.9 Å². The van der Waals surface area contributed by atoms with Crippen LogP contribution < -0.4 is 9.62 Å². The second kappa shape index (κ2) is 7.19. The van der Waals surface area contributed by atoms with E-state index >= 15 is 0 Å². The minimum atomic E-state index is -3.84. The molecule has 0 saturated carbocycles. The summed E-state index contributed by atoms with van der Waals surface area (Å²) in [5.74, 6) is -1.33. The van der Waals surface area contributed by atoms with Crippen LogP contribution in [0.5, 0.6) is 0 Å². The molecule has 1 N–H and O–H groups in total. The van der Waals surface area contributed by atoms with Gasteiger partial charge in [0.05, 0.1) is 11.9 Å². The lowest BCUT2D eigenvalue weighted by atomic mass is 10.2. The molecule has 0 atom stereocenters. The van der Waals surface area contributed by atoms with E-state index in [-0.39, 0.29) is 5.69 Å². The smallest absolute Gasteiger partial charge is 0.245 e. The van der Waals surface area contributed by atoms with Crippen molar-refractivity contribution in [3.63, 3.8) is 0 Å². The van der Waals surface area contributed by atoms with Crippen molar-refractivity contribution in [2.45, 2.75) is 6.92 Å². The SMILES string of the molecule is Cc1c(Cl)cccc1NC(=O)CN(c1ccccc1F)S(C)(=O)=O. The maximum Gasteiger partial charge on any atom is 0.245 e. The first kappa shape index (κ1) is 18.2. The summed E-state index contributed by atoms with van der Waals surface area (Å²) in [7, 11) is -3.84. The van der Waals surface area contributed by atoms with Crippen molar-refractivity contribution in [1.82, 2.24) is 0 Å². The van der Waals surface area contributed by atoms with Gasteiger partial charge in [-0.15, -0.1) is 0 Å². The minimum absolute atomic E-state index is 0.182. The van der Waals surface area contributed by atoms with Gasteiger partial charge in [0.1, 0.15) is 12.4 Å². The molecular formula is C16H16ClFN2O3S. The lowest BCUT2D eigenvalue weighted by molar-refractivity contribution is -0.114. The summed E-state index contributed by atoms with van der Waals surface area (Å²) in [5.41, 5.74) is 0.941. The fraction of sp³-hybridized carbons (Fsp3) is 0.188. The molecule has 2 aromatic carbocycles. The molecule has 0 aliphatic rings. The van der Waals surface area contributed by atoms with Gasteiger partial charge in [-0.1, -0.05) is 29.8 Å². The molecule has 0 bridgehead atoms. The van der Waals surface area contributed by atoms with E-state index in [4.69, 9.17) is 11.6 Å². The highest BCUT2D eigenvalue weighted by Crippen LogP contribution is 2.24. The van der Waals surface area contributed by atoms with Gasteiger partial charge in [-0.25, -0.2) is 12.8 Å². The number of halogens is 2.